The van der Waals surface area contributed by atoms with E-state index in [1.165, 1.54) is 0 Å². The molecule has 1 saturated heterocycles. The molecular formula is C35H31NO6. The number of ketones is 1. The van der Waals surface area contributed by atoms with Crippen molar-refractivity contribution in [2.45, 2.75) is 49.3 Å². The average molecular weight is 562 g/mol. The third-order valence-corrected chi connectivity index (χ3v) is 10.8. The summed E-state index contributed by atoms with van der Waals surface area (Å²) in [7, 11) is 1.65. The number of rotatable bonds is 5. The zero-order chi connectivity index (χ0) is 28.9. The highest BCUT2D eigenvalue weighted by Crippen LogP contribution is 2.74. The molecule has 2 fully saturated rings. The minimum Gasteiger partial charge on any atom is -0.482 e. The Bertz CT molecular complexity index is 1680. The Morgan fingerprint density at radius 1 is 0.929 bits per heavy atom. The Kier molecular flexibility index (Phi) is 5.24. The number of methoxy groups -OCH3 is 1. The van der Waals surface area contributed by atoms with Gasteiger partial charge in [-0.15, -0.1) is 0 Å². The van der Waals surface area contributed by atoms with Crippen LogP contribution in [0, 0.1) is 11.3 Å². The van der Waals surface area contributed by atoms with Crippen molar-refractivity contribution in [2.75, 3.05) is 13.7 Å². The van der Waals surface area contributed by atoms with Gasteiger partial charge in [-0.05, 0) is 62.1 Å². The zero-order valence-electron chi connectivity index (χ0n) is 23.5. The summed E-state index contributed by atoms with van der Waals surface area (Å²) in [6, 6.07) is 22.0. The molecule has 7 heteroatoms. The number of benzene rings is 3. The molecule has 1 amide bonds. The Morgan fingerprint density at radius 2 is 1.64 bits per heavy atom. The largest absolute Gasteiger partial charge is 0.482 e. The molecule has 212 valence electrons. The van der Waals surface area contributed by atoms with Crippen molar-refractivity contribution >= 4 is 17.7 Å². The second-order valence-corrected chi connectivity index (χ2v) is 12.3. The number of amides is 1. The number of hydrogen-bond donors (Lipinski definition) is 0. The molecule has 6 atom stereocenters. The van der Waals surface area contributed by atoms with E-state index in [0.717, 1.165) is 11.1 Å². The van der Waals surface area contributed by atoms with Gasteiger partial charge < -0.3 is 19.1 Å². The van der Waals surface area contributed by atoms with E-state index in [4.69, 9.17) is 14.2 Å². The first kappa shape index (κ1) is 25.5. The molecule has 1 saturated carbocycles. The van der Waals surface area contributed by atoms with E-state index < -0.39 is 34.4 Å². The van der Waals surface area contributed by atoms with Crippen LogP contribution in [-0.4, -0.2) is 54.0 Å². The van der Waals surface area contributed by atoms with Crippen LogP contribution in [0.1, 0.15) is 51.6 Å². The van der Waals surface area contributed by atoms with Gasteiger partial charge in [-0.1, -0.05) is 54.6 Å². The summed E-state index contributed by atoms with van der Waals surface area (Å²) < 4.78 is 19.2. The minimum absolute atomic E-state index is 0.000646. The summed E-state index contributed by atoms with van der Waals surface area (Å²) >= 11 is 0. The molecule has 3 aromatic rings. The number of hydrogen-bond acceptors (Lipinski definition) is 6. The molecule has 0 aromatic heterocycles. The van der Waals surface area contributed by atoms with Gasteiger partial charge in [-0.25, -0.2) is 4.79 Å². The van der Waals surface area contributed by atoms with E-state index in [0.29, 0.717) is 48.4 Å². The van der Waals surface area contributed by atoms with E-state index in [9.17, 15) is 14.4 Å². The lowest BCUT2D eigenvalue weighted by Gasteiger charge is -2.70. The van der Waals surface area contributed by atoms with Crippen LogP contribution in [-0.2, 0) is 21.4 Å². The molecule has 0 N–H and O–H groups in total. The summed E-state index contributed by atoms with van der Waals surface area (Å²) in [5, 5.41) is 0. The van der Waals surface area contributed by atoms with E-state index in [1.54, 1.807) is 44.4 Å². The van der Waals surface area contributed by atoms with Gasteiger partial charge in [0.1, 0.15) is 17.5 Å². The van der Waals surface area contributed by atoms with Crippen molar-refractivity contribution < 1.29 is 28.6 Å². The summed E-state index contributed by atoms with van der Waals surface area (Å²) in [5.74, 6) is 0.0640. The van der Waals surface area contributed by atoms with Gasteiger partial charge in [0, 0.05) is 36.2 Å². The lowest BCUT2D eigenvalue weighted by atomic mass is 9.37. The fourth-order valence-corrected chi connectivity index (χ4v) is 9.09. The number of nitrogens with zero attached hydrogens (tertiary/aromatic N) is 1. The summed E-state index contributed by atoms with van der Waals surface area (Å²) in [6.45, 7) is 2.17. The Labute approximate surface area is 244 Å². The van der Waals surface area contributed by atoms with Gasteiger partial charge in [0.2, 0.25) is 0 Å². The predicted octanol–water partition coefficient (Wildman–Crippen LogP) is 4.93. The molecule has 42 heavy (non-hydrogen) atoms. The Morgan fingerprint density at radius 3 is 2.33 bits per heavy atom. The maximum absolute atomic E-state index is 14.0. The van der Waals surface area contributed by atoms with Crippen molar-refractivity contribution in [3.8, 4) is 11.5 Å². The van der Waals surface area contributed by atoms with Crippen LogP contribution >= 0.6 is 0 Å². The summed E-state index contributed by atoms with van der Waals surface area (Å²) in [5.41, 5.74) is 1.17. The van der Waals surface area contributed by atoms with Crippen LogP contribution in [0.25, 0.3) is 0 Å². The molecule has 4 bridgehead atoms. The molecular weight excluding hydrogens is 530 g/mol. The van der Waals surface area contributed by atoms with Crippen LogP contribution in [0.5, 0.6) is 11.5 Å². The maximum atomic E-state index is 14.0. The summed E-state index contributed by atoms with van der Waals surface area (Å²) in [6.07, 6.45) is 5.56. The molecule has 6 aliphatic rings. The number of esters is 1. The van der Waals surface area contributed by atoms with Crippen molar-refractivity contribution in [2.24, 2.45) is 11.3 Å². The first-order chi connectivity index (χ1) is 20.4. The van der Waals surface area contributed by atoms with Crippen LogP contribution in [0.2, 0.25) is 0 Å². The van der Waals surface area contributed by atoms with Gasteiger partial charge in [0.25, 0.3) is 5.91 Å². The molecule has 3 aromatic carbocycles. The normalized spacial score (nSPS) is 32.6. The van der Waals surface area contributed by atoms with Gasteiger partial charge in [0.05, 0.1) is 16.9 Å². The smallest absolute Gasteiger partial charge is 0.343 e. The monoisotopic (exact) mass is 561 g/mol. The summed E-state index contributed by atoms with van der Waals surface area (Å²) in [4.78, 5) is 42.5. The van der Waals surface area contributed by atoms with Crippen LogP contribution < -0.4 is 9.47 Å². The molecule has 2 aliphatic heterocycles. The van der Waals surface area contributed by atoms with Crippen LogP contribution in [0.4, 0.5) is 0 Å². The third-order valence-electron chi connectivity index (χ3n) is 10.8. The Balaban J connectivity index is 1.31. The molecule has 2 heterocycles. The fourth-order valence-electron chi connectivity index (χ4n) is 9.09. The van der Waals surface area contributed by atoms with Crippen molar-refractivity contribution in [1.82, 2.24) is 4.90 Å². The van der Waals surface area contributed by atoms with E-state index in [1.807, 2.05) is 53.4 Å². The molecule has 0 radical (unpaired) electrons. The number of piperidine rings is 1. The molecule has 7 nitrogen and oxygen atoms in total. The number of fused-ring (bicyclic) bond motifs is 1. The highest BCUT2D eigenvalue weighted by atomic mass is 16.6. The van der Waals surface area contributed by atoms with Gasteiger partial charge in [-0.3, -0.25) is 9.59 Å². The van der Waals surface area contributed by atoms with E-state index >= 15 is 0 Å². The highest BCUT2D eigenvalue weighted by molar-refractivity contribution is 5.95. The van der Waals surface area contributed by atoms with E-state index in [2.05, 4.69) is 6.08 Å². The van der Waals surface area contributed by atoms with Gasteiger partial charge in [-0.2, -0.15) is 0 Å². The maximum Gasteiger partial charge on any atom is 0.343 e. The quantitative estimate of drug-likeness (QED) is 0.250. The van der Waals surface area contributed by atoms with Crippen LogP contribution in [0.15, 0.2) is 84.9 Å². The van der Waals surface area contributed by atoms with Crippen molar-refractivity contribution in [3.05, 3.63) is 107 Å². The number of ether oxygens (including phenoxy) is 3. The standard InChI is InChI=1S/C35H31NO6/c1-21(37)25-20-33-15-16-35(25,40-2)32-34(33)17-18-36(30(38)22-9-5-3-6-10-22)27(33)19-24-13-14-26(29(42-32)28(24)34)41-31(39)23-11-7-4-8-12-23/h3-16,25,27,32H,17-20H2,1-2H3/t25-,27-,32+,33+,34-,35+/m0/s1. The number of carbonyl (C=O) groups is 3. The topological polar surface area (TPSA) is 82.1 Å². The SMILES string of the molecule is CO[C@]12C=C[C@@]3(C[C@H]1C(C)=O)[C@@H]1Cc4ccc(OC(=O)c5ccccc5)c5c4[C@@]3(CCN1C(=O)c1ccccc1)[C@H]2O5. The molecule has 4 aliphatic carbocycles. The van der Waals surface area contributed by atoms with Crippen LogP contribution in [0.3, 0.4) is 0 Å². The predicted molar refractivity (Wildman–Crippen MR) is 154 cm³/mol. The lowest BCUT2D eigenvalue weighted by Crippen LogP contribution is -2.80. The molecule has 2 spiro atoms. The van der Waals surface area contributed by atoms with Gasteiger partial charge in [0.15, 0.2) is 11.5 Å². The first-order valence-electron chi connectivity index (χ1n) is 14.6. The Hall–Kier alpha value is -4.23. The number of likely N-dealkylation sites (tertiary alicyclic amines) is 1. The fraction of sp³-hybridized carbons (Fsp3) is 0.343. The second kappa shape index (κ2) is 8.65. The number of Topliss-reactive ketones (excluding diaryl/α,β-unsaturated/α-hetero) is 1. The van der Waals surface area contributed by atoms with Crippen molar-refractivity contribution in [3.63, 3.8) is 0 Å². The second-order valence-electron chi connectivity index (χ2n) is 12.3. The van der Waals surface area contributed by atoms with Crippen molar-refractivity contribution in [1.29, 1.82) is 0 Å². The minimum atomic E-state index is -0.974. The average Bonchev–Trinajstić information content (AvgIpc) is 3.39. The molecule has 9 rings (SSSR count). The lowest BCUT2D eigenvalue weighted by molar-refractivity contribution is -0.210. The zero-order valence-corrected chi connectivity index (χ0v) is 23.5. The number of carbonyl (C=O) groups excluding carboxylic acids is 3. The molecule has 0 unspecified atom stereocenters. The first-order valence-corrected chi connectivity index (χ1v) is 14.6. The third kappa shape index (κ3) is 2.96. The van der Waals surface area contributed by atoms with E-state index in [-0.39, 0.29) is 17.7 Å². The highest BCUT2D eigenvalue weighted by Gasteiger charge is 2.80. The van der Waals surface area contributed by atoms with Gasteiger partial charge >= 0.3 is 5.97 Å².